The lowest BCUT2D eigenvalue weighted by Gasteiger charge is -2.25. The van der Waals surface area contributed by atoms with Crippen LogP contribution in [0.15, 0.2) is 29.4 Å². The summed E-state index contributed by atoms with van der Waals surface area (Å²) >= 11 is 1.96. The largest absolute Gasteiger partial charge is 0.313 e. The summed E-state index contributed by atoms with van der Waals surface area (Å²) in [5.41, 5.74) is 0. The maximum Gasteiger partial charge on any atom is 0.0963 e. The Morgan fingerprint density at radius 2 is 2.17 bits per heavy atom. The van der Waals surface area contributed by atoms with Gasteiger partial charge in [0, 0.05) is 17.5 Å². The molecule has 0 aliphatic heterocycles. The zero-order valence-corrected chi connectivity index (χ0v) is 12.1. The van der Waals surface area contributed by atoms with E-state index in [2.05, 4.69) is 29.4 Å². The van der Waals surface area contributed by atoms with Crippen LogP contribution < -0.4 is 5.32 Å². The van der Waals surface area contributed by atoms with Gasteiger partial charge in [-0.1, -0.05) is 32.3 Å². The fraction of sp³-hybridized carbons (Fsp3) is 0.667. The van der Waals surface area contributed by atoms with E-state index in [9.17, 15) is 0 Å². The lowest BCUT2D eigenvalue weighted by atomic mass is 10.1. The number of nitrogens with zero attached hydrogens (tertiary/aromatic N) is 1. The highest BCUT2D eigenvalue weighted by Gasteiger charge is 2.24. The van der Waals surface area contributed by atoms with Crippen molar-refractivity contribution in [2.75, 3.05) is 6.54 Å². The van der Waals surface area contributed by atoms with Crippen LogP contribution in [0.4, 0.5) is 0 Å². The van der Waals surface area contributed by atoms with Crippen LogP contribution in [0.1, 0.15) is 45.4 Å². The number of thioether (sulfide) groups is 1. The second-order valence-electron chi connectivity index (χ2n) is 5.02. The second kappa shape index (κ2) is 7.80. The molecule has 1 N–H and O–H groups in total. The minimum Gasteiger partial charge on any atom is -0.313 e. The smallest absolute Gasteiger partial charge is 0.0963 e. The fourth-order valence-corrected chi connectivity index (χ4v) is 3.82. The van der Waals surface area contributed by atoms with Gasteiger partial charge in [0.2, 0.25) is 0 Å². The molecule has 1 fully saturated rings. The van der Waals surface area contributed by atoms with Gasteiger partial charge < -0.3 is 5.32 Å². The van der Waals surface area contributed by atoms with Crippen molar-refractivity contribution in [2.45, 2.75) is 61.8 Å². The van der Waals surface area contributed by atoms with Gasteiger partial charge in [-0.25, -0.2) is 4.98 Å². The van der Waals surface area contributed by atoms with Gasteiger partial charge in [-0.2, -0.15) is 0 Å². The third-order valence-electron chi connectivity index (χ3n) is 3.52. The summed E-state index contributed by atoms with van der Waals surface area (Å²) in [6, 6.07) is 6.87. The zero-order valence-electron chi connectivity index (χ0n) is 11.3. The summed E-state index contributed by atoms with van der Waals surface area (Å²) < 4.78 is 0. The minimum absolute atomic E-state index is 0.666. The summed E-state index contributed by atoms with van der Waals surface area (Å²) in [7, 11) is 0. The molecule has 3 heteroatoms. The second-order valence-corrected chi connectivity index (χ2v) is 6.28. The van der Waals surface area contributed by atoms with Gasteiger partial charge in [0.05, 0.1) is 5.03 Å². The van der Waals surface area contributed by atoms with Crippen LogP contribution in [0.3, 0.4) is 0 Å². The molecule has 1 aliphatic rings. The number of hydrogen-bond acceptors (Lipinski definition) is 3. The van der Waals surface area contributed by atoms with E-state index < -0.39 is 0 Å². The molecule has 1 aromatic rings. The van der Waals surface area contributed by atoms with Gasteiger partial charge >= 0.3 is 0 Å². The Hall–Kier alpha value is -0.540. The molecule has 1 aliphatic carbocycles. The number of hydrogen-bond donors (Lipinski definition) is 1. The van der Waals surface area contributed by atoms with E-state index in [0.29, 0.717) is 11.3 Å². The van der Waals surface area contributed by atoms with Crippen molar-refractivity contribution in [1.29, 1.82) is 0 Å². The topological polar surface area (TPSA) is 24.9 Å². The average molecular weight is 264 g/mol. The Kier molecular flexibility index (Phi) is 6.01. The van der Waals surface area contributed by atoms with Crippen molar-refractivity contribution in [2.24, 2.45) is 0 Å². The van der Waals surface area contributed by atoms with Crippen LogP contribution in [0, 0.1) is 0 Å². The third kappa shape index (κ3) is 4.29. The molecule has 0 bridgehead atoms. The maximum absolute atomic E-state index is 4.45. The van der Waals surface area contributed by atoms with Gasteiger partial charge in [-0.15, -0.1) is 11.8 Å². The van der Waals surface area contributed by atoms with Crippen molar-refractivity contribution in [1.82, 2.24) is 10.3 Å². The van der Waals surface area contributed by atoms with Crippen LogP contribution in [0.5, 0.6) is 0 Å². The number of nitrogens with one attached hydrogen (secondary N) is 1. The fourth-order valence-electron chi connectivity index (χ4n) is 2.55. The lowest BCUT2D eigenvalue weighted by molar-refractivity contribution is 0.469. The zero-order chi connectivity index (χ0) is 12.6. The minimum atomic E-state index is 0.666. The van der Waals surface area contributed by atoms with Gasteiger partial charge in [0.1, 0.15) is 0 Å². The molecule has 1 aromatic heterocycles. The Balaban J connectivity index is 1.96. The Labute approximate surface area is 115 Å². The summed E-state index contributed by atoms with van der Waals surface area (Å²) in [5.74, 6) is 0. The van der Waals surface area contributed by atoms with Crippen molar-refractivity contribution in [3.05, 3.63) is 24.4 Å². The van der Waals surface area contributed by atoms with E-state index in [1.807, 2.05) is 24.0 Å². The molecule has 0 spiro atoms. The Morgan fingerprint density at radius 1 is 1.28 bits per heavy atom. The number of pyridine rings is 1. The molecule has 2 atom stereocenters. The summed E-state index contributed by atoms with van der Waals surface area (Å²) in [6.07, 6.45) is 9.90. The standard InChI is InChI=1S/C15H24N2S/c1-2-11-16-13-8-4-3-5-9-14(13)18-15-10-6-7-12-17-15/h6-7,10,12-14,16H,2-5,8-9,11H2,1H3. The van der Waals surface area contributed by atoms with Crippen molar-refractivity contribution in [3.8, 4) is 0 Å². The molecule has 0 radical (unpaired) electrons. The molecule has 18 heavy (non-hydrogen) atoms. The summed E-state index contributed by atoms with van der Waals surface area (Å²) in [4.78, 5) is 4.45. The van der Waals surface area contributed by atoms with Crippen LogP contribution in [0.25, 0.3) is 0 Å². The predicted molar refractivity (Wildman–Crippen MR) is 79.0 cm³/mol. The summed E-state index contributed by atoms with van der Waals surface area (Å²) in [6.45, 7) is 3.38. The molecular weight excluding hydrogens is 240 g/mol. The highest BCUT2D eigenvalue weighted by atomic mass is 32.2. The molecule has 2 nitrogen and oxygen atoms in total. The number of rotatable bonds is 5. The molecular formula is C15H24N2S. The monoisotopic (exact) mass is 264 g/mol. The number of aromatic nitrogens is 1. The highest BCUT2D eigenvalue weighted by Crippen LogP contribution is 2.31. The molecule has 0 aromatic carbocycles. The SMILES string of the molecule is CCCNC1CCCCCC1Sc1ccccn1. The van der Waals surface area contributed by atoms with E-state index in [4.69, 9.17) is 0 Å². The quantitative estimate of drug-likeness (QED) is 0.817. The molecule has 2 unspecified atom stereocenters. The van der Waals surface area contributed by atoms with Crippen LogP contribution in [-0.4, -0.2) is 22.8 Å². The molecule has 100 valence electrons. The van der Waals surface area contributed by atoms with Crippen molar-refractivity contribution in [3.63, 3.8) is 0 Å². The first-order chi connectivity index (χ1) is 8.90. The van der Waals surface area contributed by atoms with E-state index in [1.165, 1.54) is 43.6 Å². The Bertz CT molecular complexity index is 329. The van der Waals surface area contributed by atoms with Crippen molar-refractivity contribution < 1.29 is 0 Å². The van der Waals surface area contributed by atoms with E-state index in [1.54, 1.807) is 0 Å². The average Bonchev–Trinajstić information content (AvgIpc) is 2.63. The molecule has 1 saturated carbocycles. The van der Waals surface area contributed by atoms with Crippen molar-refractivity contribution >= 4 is 11.8 Å². The first kappa shape index (κ1) is 13.9. The van der Waals surface area contributed by atoms with Crippen LogP contribution in [-0.2, 0) is 0 Å². The van der Waals surface area contributed by atoms with Gasteiger partial charge in [-0.05, 0) is 37.9 Å². The molecule has 0 amide bonds. The van der Waals surface area contributed by atoms with E-state index in [-0.39, 0.29) is 0 Å². The van der Waals surface area contributed by atoms with Crippen LogP contribution >= 0.6 is 11.8 Å². The predicted octanol–water partition coefficient (Wildman–Crippen LogP) is 3.87. The maximum atomic E-state index is 4.45. The summed E-state index contributed by atoms with van der Waals surface area (Å²) in [5, 5.41) is 5.60. The first-order valence-corrected chi connectivity index (χ1v) is 8.09. The molecule has 2 rings (SSSR count). The van der Waals surface area contributed by atoms with Gasteiger partial charge in [0.15, 0.2) is 0 Å². The van der Waals surface area contributed by atoms with E-state index >= 15 is 0 Å². The third-order valence-corrected chi connectivity index (χ3v) is 4.87. The molecule has 1 heterocycles. The normalized spacial score (nSPS) is 24.7. The lowest BCUT2D eigenvalue weighted by Crippen LogP contribution is -2.37. The molecule has 0 saturated heterocycles. The Morgan fingerprint density at radius 3 is 2.94 bits per heavy atom. The van der Waals surface area contributed by atoms with Crippen LogP contribution in [0.2, 0.25) is 0 Å². The first-order valence-electron chi connectivity index (χ1n) is 7.21. The van der Waals surface area contributed by atoms with Gasteiger partial charge in [-0.3, -0.25) is 0 Å². The highest BCUT2D eigenvalue weighted by molar-refractivity contribution is 7.99. The van der Waals surface area contributed by atoms with Gasteiger partial charge in [0.25, 0.3) is 0 Å². The van der Waals surface area contributed by atoms with E-state index in [0.717, 1.165) is 6.54 Å².